The molecule has 0 aromatic heterocycles. The van der Waals surface area contributed by atoms with E-state index in [1.807, 2.05) is 57.2 Å². The lowest BCUT2D eigenvalue weighted by molar-refractivity contribution is 0.0723. The molecule has 0 N–H and O–H groups in total. The maximum Gasteiger partial charge on any atom is 0.254 e. The number of ether oxygens (including phenoxy) is 3. The smallest absolute Gasteiger partial charge is 0.254 e. The SMILES string of the molecule is CCOc1ccc(C(=O)N(CC2=NC(c3ccc(OC)cc3)=C(C)CCO2)C(C)C)cc1. The Morgan fingerprint density at radius 2 is 1.75 bits per heavy atom. The number of rotatable bonds is 8. The summed E-state index contributed by atoms with van der Waals surface area (Å²) in [7, 11) is 1.65. The third-order valence-corrected chi connectivity index (χ3v) is 5.35. The lowest BCUT2D eigenvalue weighted by atomic mass is 10.1. The van der Waals surface area contributed by atoms with Crippen LogP contribution in [0.3, 0.4) is 0 Å². The minimum absolute atomic E-state index is 0.0156. The van der Waals surface area contributed by atoms with E-state index < -0.39 is 0 Å². The van der Waals surface area contributed by atoms with Gasteiger partial charge < -0.3 is 19.1 Å². The van der Waals surface area contributed by atoms with Crippen LogP contribution in [0.2, 0.25) is 0 Å². The molecule has 32 heavy (non-hydrogen) atoms. The summed E-state index contributed by atoms with van der Waals surface area (Å²) in [6.07, 6.45) is 0.781. The van der Waals surface area contributed by atoms with E-state index in [4.69, 9.17) is 19.2 Å². The zero-order valence-electron chi connectivity index (χ0n) is 19.6. The number of benzene rings is 2. The summed E-state index contributed by atoms with van der Waals surface area (Å²) in [6.45, 7) is 9.42. The molecule has 0 saturated heterocycles. The van der Waals surface area contributed by atoms with Gasteiger partial charge in [-0.05, 0) is 81.8 Å². The van der Waals surface area contributed by atoms with E-state index >= 15 is 0 Å². The number of aliphatic imine (C=N–C) groups is 1. The molecule has 1 amide bonds. The van der Waals surface area contributed by atoms with Gasteiger partial charge in [0, 0.05) is 23.6 Å². The van der Waals surface area contributed by atoms with Crippen molar-refractivity contribution in [1.29, 1.82) is 0 Å². The van der Waals surface area contributed by atoms with E-state index in [0.717, 1.165) is 34.8 Å². The van der Waals surface area contributed by atoms with E-state index in [-0.39, 0.29) is 11.9 Å². The van der Waals surface area contributed by atoms with Crippen LogP contribution in [0.4, 0.5) is 0 Å². The standard InChI is InChI=1S/C26H32N2O4/c1-6-31-23-13-9-21(10-14-23)26(29)28(18(2)3)17-24-27-25(19(4)15-16-32-24)20-7-11-22(30-5)12-8-20/h7-14,18H,6,15-17H2,1-5H3. The first-order chi connectivity index (χ1) is 15.4. The van der Waals surface area contributed by atoms with Crippen molar-refractivity contribution in [3.63, 3.8) is 0 Å². The van der Waals surface area contributed by atoms with Gasteiger partial charge in [-0.25, -0.2) is 4.99 Å². The summed E-state index contributed by atoms with van der Waals surface area (Å²) in [4.78, 5) is 19.9. The van der Waals surface area contributed by atoms with Crippen LogP contribution in [0.5, 0.6) is 11.5 Å². The van der Waals surface area contributed by atoms with Crippen molar-refractivity contribution in [1.82, 2.24) is 4.90 Å². The van der Waals surface area contributed by atoms with Gasteiger partial charge in [0.2, 0.25) is 5.90 Å². The van der Waals surface area contributed by atoms with E-state index in [1.165, 1.54) is 0 Å². The Labute approximate surface area is 190 Å². The highest BCUT2D eigenvalue weighted by Gasteiger charge is 2.23. The maximum atomic E-state index is 13.3. The van der Waals surface area contributed by atoms with Crippen LogP contribution >= 0.6 is 0 Å². The minimum Gasteiger partial charge on any atom is -0.497 e. The van der Waals surface area contributed by atoms with Crippen LogP contribution in [0.1, 0.15) is 50.0 Å². The number of hydrogen-bond acceptors (Lipinski definition) is 5. The number of nitrogens with zero attached hydrogens (tertiary/aromatic N) is 2. The van der Waals surface area contributed by atoms with Crippen LogP contribution in [0.15, 0.2) is 59.1 Å². The molecule has 0 aliphatic carbocycles. The summed E-state index contributed by atoms with van der Waals surface area (Å²) < 4.78 is 16.7. The Morgan fingerprint density at radius 1 is 1.09 bits per heavy atom. The Hall–Kier alpha value is -3.28. The summed E-state index contributed by atoms with van der Waals surface area (Å²) in [5, 5.41) is 0. The molecule has 170 valence electrons. The Kier molecular flexibility index (Phi) is 7.92. The molecule has 0 atom stereocenters. The molecule has 1 aliphatic rings. The molecule has 2 aromatic rings. The Balaban J connectivity index is 1.84. The maximum absolute atomic E-state index is 13.3. The van der Waals surface area contributed by atoms with Crippen molar-refractivity contribution in [2.24, 2.45) is 4.99 Å². The molecule has 1 aliphatic heterocycles. The number of carbonyl (C=O) groups is 1. The third-order valence-electron chi connectivity index (χ3n) is 5.35. The molecular formula is C26H32N2O4. The fourth-order valence-electron chi connectivity index (χ4n) is 3.49. The van der Waals surface area contributed by atoms with E-state index in [1.54, 1.807) is 24.1 Å². The third kappa shape index (κ3) is 5.69. The van der Waals surface area contributed by atoms with Gasteiger partial charge in [-0.15, -0.1) is 0 Å². The number of hydrogen-bond donors (Lipinski definition) is 0. The first kappa shape index (κ1) is 23.4. The normalized spacial score (nSPS) is 13.9. The lowest BCUT2D eigenvalue weighted by Gasteiger charge is -2.27. The average molecular weight is 437 g/mol. The van der Waals surface area contributed by atoms with Gasteiger partial charge in [0.05, 0.1) is 32.6 Å². The van der Waals surface area contributed by atoms with E-state index in [2.05, 4.69) is 6.92 Å². The van der Waals surface area contributed by atoms with Gasteiger partial charge >= 0.3 is 0 Å². The topological polar surface area (TPSA) is 60.4 Å². The first-order valence-corrected chi connectivity index (χ1v) is 11.0. The summed E-state index contributed by atoms with van der Waals surface area (Å²) in [6, 6.07) is 15.1. The van der Waals surface area contributed by atoms with Crippen molar-refractivity contribution >= 4 is 17.5 Å². The van der Waals surface area contributed by atoms with Crippen molar-refractivity contribution < 1.29 is 19.0 Å². The van der Waals surface area contributed by atoms with Gasteiger partial charge in [-0.3, -0.25) is 4.79 Å². The molecule has 6 heteroatoms. The molecule has 2 aromatic carbocycles. The quantitative estimate of drug-likeness (QED) is 0.571. The van der Waals surface area contributed by atoms with Crippen molar-refractivity contribution in [3.05, 3.63) is 65.2 Å². The molecular weight excluding hydrogens is 404 g/mol. The molecule has 0 saturated carbocycles. The van der Waals surface area contributed by atoms with Gasteiger partial charge in [0.15, 0.2) is 0 Å². The second-order valence-electron chi connectivity index (χ2n) is 7.95. The van der Waals surface area contributed by atoms with Crippen LogP contribution in [0, 0.1) is 0 Å². The first-order valence-electron chi connectivity index (χ1n) is 11.0. The zero-order chi connectivity index (χ0) is 23.1. The van der Waals surface area contributed by atoms with Crippen LogP contribution in [-0.2, 0) is 4.74 Å². The molecule has 0 unspecified atom stereocenters. The molecule has 0 bridgehead atoms. The highest BCUT2D eigenvalue weighted by atomic mass is 16.5. The second-order valence-corrected chi connectivity index (χ2v) is 7.95. The van der Waals surface area contributed by atoms with Gasteiger partial charge in [-0.2, -0.15) is 0 Å². The van der Waals surface area contributed by atoms with Crippen LogP contribution in [0.25, 0.3) is 5.70 Å². The van der Waals surface area contributed by atoms with E-state index in [9.17, 15) is 4.79 Å². The minimum atomic E-state index is -0.0645. The summed E-state index contributed by atoms with van der Waals surface area (Å²) in [5.41, 5.74) is 3.65. The highest BCUT2D eigenvalue weighted by Crippen LogP contribution is 2.27. The van der Waals surface area contributed by atoms with Crippen molar-refractivity contribution in [2.45, 2.75) is 40.2 Å². The molecule has 0 radical (unpaired) electrons. The fraction of sp³-hybridized carbons (Fsp3) is 0.385. The fourth-order valence-corrected chi connectivity index (χ4v) is 3.49. The number of carbonyl (C=O) groups excluding carboxylic acids is 1. The Morgan fingerprint density at radius 3 is 2.34 bits per heavy atom. The Bertz CT molecular complexity index is 976. The van der Waals surface area contributed by atoms with Gasteiger partial charge in [-0.1, -0.05) is 0 Å². The molecule has 6 nitrogen and oxygen atoms in total. The van der Waals surface area contributed by atoms with Crippen molar-refractivity contribution in [2.75, 3.05) is 26.9 Å². The summed E-state index contributed by atoms with van der Waals surface area (Å²) in [5.74, 6) is 2.03. The van der Waals surface area contributed by atoms with Crippen LogP contribution in [-0.4, -0.2) is 49.6 Å². The average Bonchev–Trinajstić information content (AvgIpc) is 2.98. The van der Waals surface area contributed by atoms with E-state index in [0.29, 0.717) is 31.2 Å². The number of methoxy groups -OCH3 is 1. The molecule has 3 rings (SSSR count). The molecule has 0 spiro atoms. The predicted octanol–water partition coefficient (Wildman–Crippen LogP) is 5.19. The number of amides is 1. The largest absolute Gasteiger partial charge is 0.497 e. The predicted molar refractivity (Wildman–Crippen MR) is 127 cm³/mol. The molecule has 0 fully saturated rings. The summed E-state index contributed by atoms with van der Waals surface area (Å²) >= 11 is 0. The van der Waals surface area contributed by atoms with Crippen molar-refractivity contribution in [3.8, 4) is 11.5 Å². The lowest BCUT2D eigenvalue weighted by Crippen LogP contribution is -2.41. The van der Waals surface area contributed by atoms with Gasteiger partial charge in [0.25, 0.3) is 5.91 Å². The van der Waals surface area contributed by atoms with Gasteiger partial charge in [0.1, 0.15) is 11.5 Å². The zero-order valence-corrected chi connectivity index (χ0v) is 19.6. The second kappa shape index (κ2) is 10.8. The van der Waals surface area contributed by atoms with Crippen LogP contribution < -0.4 is 9.47 Å². The monoisotopic (exact) mass is 436 g/mol. The molecule has 1 heterocycles. The highest BCUT2D eigenvalue weighted by molar-refractivity contribution is 5.97.